The van der Waals surface area contributed by atoms with Crippen molar-refractivity contribution in [3.8, 4) is 0 Å². The summed E-state index contributed by atoms with van der Waals surface area (Å²) in [7, 11) is 0. The molecule has 1 aromatic carbocycles. The normalized spacial score (nSPS) is 10.0. The number of unbranched alkanes of at least 4 members (excludes halogenated alkanes) is 1. The first-order valence-corrected chi connectivity index (χ1v) is 10.3. The molecule has 4 heteroatoms. The number of esters is 1. The lowest BCUT2D eigenvalue weighted by Gasteiger charge is -2.24. The number of hydrogen-bond acceptors (Lipinski definition) is 4. The Kier molecular flexibility index (Phi) is 15.9. The van der Waals surface area contributed by atoms with Crippen LogP contribution >= 0.6 is 0 Å². The first-order valence-electron chi connectivity index (χ1n) is 10.3. The molecule has 0 heterocycles. The van der Waals surface area contributed by atoms with Gasteiger partial charge in [0.15, 0.2) is 0 Å². The van der Waals surface area contributed by atoms with Gasteiger partial charge >= 0.3 is 5.97 Å². The predicted octanol–water partition coefficient (Wildman–Crippen LogP) is 4.81. The van der Waals surface area contributed by atoms with E-state index in [0.717, 1.165) is 44.6 Å². The van der Waals surface area contributed by atoms with E-state index in [9.17, 15) is 4.79 Å². The molecule has 1 aromatic rings. The smallest absolute Gasteiger partial charge is 0.325 e. The average molecular weight is 365 g/mol. The highest BCUT2D eigenvalue weighted by Crippen LogP contribution is 2.16. The summed E-state index contributed by atoms with van der Waals surface area (Å²) >= 11 is 0. The molecule has 0 saturated carbocycles. The van der Waals surface area contributed by atoms with Gasteiger partial charge in [0.1, 0.15) is 6.54 Å². The van der Waals surface area contributed by atoms with Crippen molar-refractivity contribution in [1.82, 2.24) is 5.32 Å². The predicted molar refractivity (Wildman–Crippen MR) is 113 cm³/mol. The Labute approximate surface area is 161 Å². The first kappa shape index (κ1) is 24.5. The average Bonchev–Trinajstić information content (AvgIpc) is 2.64. The van der Waals surface area contributed by atoms with Crippen molar-refractivity contribution < 1.29 is 9.53 Å². The third-order valence-electron chi connectivity index (χ3n) is 3.79. The van der Waals surface area contributed by atoms with Crippen LogP contribution < -0.4 is 10.2 Å². The van der Waals surface area contributed by atoms with Crippen LogP contribution in [0.2, 0.25) is 0 Å². The number of aryl methyl sites for hydroxylation is 1. The maximum Gasteiger partial charge on any atom is 0.325 e. The molecule has 0 fully saturated rings. The molecule has 0 aromatic heterocycles. The number of ether oxygens (including phenoxy) is 1. The van der Waals surface area contributed by atoms with Crippen LogP contribution in [-0.2, 0) is 16.0 Å². The molecule has 1 N–H and O–H groups in total. The summed E-state index contributed by atoms with van der Waals surface area (Å²) in [5.74, 6) is -0.156. The Morgan fingerprint density at radius 2 is 1.65 bits per heavy atom. The molecule has 0 aliphatic heterocycles. The Morgan fingerprint density at radius 3 is 2.19 bits per heavy atom. The molecule has 0 aliphatic rings. The van der Waals surface area contributed by atoms with E-state index in [4.69, 9.17) is 4.74 Å². The Morgan fingerprint density at radius 1 is 1.00 bits per heavy atom. The van der Waals surface area contributed by atoms with E-state index in [1.807, 2.05) is 6.92 Å². The lowest BCUT2D eigenvalue weighted by atomic mass is 10.1. The number of carbonyl (C=O) groups excluding carboxylic acids is 1. The van der Waals surface area contributed by atoms with Crippen LogP contribution in [0.4, 0.5) is 5.69 Å². The first-order chi connectivity index (χ1) is 12.6. The van der Waals surface area contributed by atoms with Crippen molar-refractivity contribution in [3.05, 3.63) is 29.8 Å². The topological polar surface area (TPSA) is 41.6 Å². The van der Waals surface area contributed by atoms with E-state index >= 15 is 0 Å². The number of carbonyl (C=O) groups is 1. The molecule has 0 amide bonds. The van der Waals surface area contributed by atoms with Crippen molar-refractivity contribution in [1.29, 1.82) is 0 Å². The molecule has 0 bridgehead atoms. The lowest BCUT2D eigenvalue weighted by Crippen LogP contribution is -2.32. The number of anilines is 1. The highest BCUT2D eigenvalue weighted by Gasteiger charge is 2.12. The van der Waals surface area contributed by atoms with Gasteiger partial charge in [0, 0.05) is 12.2 Å². The fraction of sp³-hybridized carbons (Fsp3) is 0.682. The minimum absolute atomic E-state index is 0.156. The summed E-state index contributed by atoms with van der Waals surface area (Å²) in [6.07, 6.45) is 5.62. The highest BCUT2D eigenvalue weighted by molar-refractivity contribution is 5.75. The number of benzene rings is 1. The van der Waals surface area contributed by atoms with E-state index in [1.165, 1.54) is 18.4 Å². The second-order valence-electron chi connectivity index (χ2n) is 6.41. The summed E-state index contributed by atoms with van der Waals surface area (Å²) in [5.41, 5.74) is 2.41. The molecule has 4 nitrogen and oxygen atoms in total. The van der Waals surface area contributed by atoms with Crippen molar-refractivity contribution in [2.45, 2.75) is 66.7 Å². The molecule has 0 aliphatic carbocycles. The van der Waals surface area contributed by atoms with Crippen LogP contribution in [0.3, 0.4) is 0 Å². The second-order valence-corrected chi connectivity index (χ2v) is 6.41. The van der Waals surface area contributed by atoms with Crippen LogP contribution in [0.5, 0.6) is 0 Å². The largest absolute Gasteiger partial charge is 0.465 e. The summed E-state index contributed by atoms with van der Waals surface area (Å²) < 4.78 is 5.11. The molecule has 0 saturated heterocycles. The van der Waals surface area contributed by atoms with Gasteiger partial charge in [0.25, 0.3) is 0 Å². The zero-order chi connectivity index (χ0) is 19.6. The Hall–Kier alpha value is -1.55. The molecule has 0 radical (unpaired) electrons. The standard InChI is InChI=1S/C19H32N2O2.C3H8/c1-4-13-20-14-7-8-15-21(16-19(22)23-6-3)18-11-9-17(5-2)10-12-18;1-3-2/h9-12,20H,4-8,13-16H2,1-3H3;3H2,1-2H3. The zero-order valence-corrected chi connectivity index (χ0v) is 17.6. The van der Waals surface area contributed by atoms with Crippen LogP contribution in [0.1, 0.15) is 65.9 Å². The van der Waals surface area contributed by atoms with Gasteiger partial charge in [-0.2, -0.15) is 0 Å². The van der Waals surface area contributed by atoms with Crippen LogP contribution in [0, 0.1) is 0 Å². The SMILES string of the molecule is CCC.CCCNCCCCN(CC(=O)OCC)c1ccc(CC)cc1. The second kappa shape index (κ2) is 16.9. The minimum atomic E-state index is -0.156. The molecule has 26 heavy (non-hydrogen) atoms. The molecular formula is C22H40N2O2. The van der Waals surface area contributed by atoms with Crippen molar-refractivity contribution in [3.63, 3.8) is 0 Å². The van der Waals surface area contributed by atoms with Crippen molar-refractivity contribution in [2.24, 2.45) is 0 Å². The van der Waals surface area contributed by atoms with Gasteiger partial charge in [-0.25, -0.2) is 0 Å². The van der Waals surface area contributed by atoms with E-state index < -0.39 is 0 Å². The van der Waals surface area contributed by atoms with Gasteiger partial charge in [0.2, 0.25) is 0 Å². The maximum atomic E-state index is 11.8. The fourth-order valence-electron chi connectivity index (χ4n) is 2.46. The van der Waals surface area contributed by atoms with E-state index in [0.29, 0.717) is 13.2 Å². The highest BCUT2D eigenvalue weighted by atomic mass is 16.5. The fourth-order valence-corrected chi connectivity index (χ4v) is 2.46. The van der Waals surface area contributed by atoms with Gasteiger partial charge < -0.3 is 15.0 Å². The van der Waals surface area contributed by atoms with E-state index in [2.05, 4.69) is 62.2 Å². The Balaban J connectivity index is 0.00000194. The summed E-state index contributed by atoms with van der Waals surface area (Å²) in [4.78, 5) is 14.0. The number of nitrogens with zero attached hydrogens (tertiary/aromatic N) is 1. The molecule has 0 atom stereocenters. The molecular weight excluding hydrogens is 324 g/mol. The molecule has 0 spiro atoms. The van der Waals surface area contributed by atoms with Crippen LogP contribution in [0.15, 0.2) is 24.3 Å². The minimum Gasteiger partial charge on any atom is -0.465 e. The third kappa shape index (κ3) is 11.9. The van der Waals surface area contributed by atoms with Gasteiger partial charge in [0.05, 0.1) is 6.61 Å². The van der Waals surface area contributed by atoms with Crippen molar-refractivity contribution >= 4 is 11.7 Å². The van der Waals surface area contributed by atoms with Crippen molar-refractivity contribution in [2.75, 3.05) is 37.7 Å². The van der Waals surface area contributed by atoms with Gasteiger partial charge in [-0.3, -0.25) is 4.79 Å². The third-order valence-corrected chi connectivity index (χ3v) is 3.79. The van der Waals surface area contributed by atoms with Gasteiger partial charge in [-0.05, 0) is 63.4 Å². The molecule has 150 valence electrons. The lowest BCUT2D eigenvalue weighted by molar-refractivity contribution is -0.141. The number of hydrogen-bond donors (Lipinski definition) is 1. The zero-order valence-electron chi connectivity index (χ0n) is 17.6. The van der Waals surface area contributed by atoms with E-state index in [-0.39, 0.29) is 5.97 Å². The van der Waals surface area contributed by atoms with E-state index in [1.54, 1.807) is 0 Å². The Bertz CT molecular complexity index is 446. The van der Waals surface area contributed by atoms with Gasteiger partial charge in [-0.15, -0.1) is 0 Å². The number of rotatable bonds is 12. The monoisotopic (exact) mass is 364 g/mol. The maximum absolute atomic E-state index is 11.8. The van der Waals surface area contributed by atoms with Gasteiger partial charge in [-0.1, -0.05) is 46.2 Å². The molecule has 0 unspecified atom stereocenters. The molecule has 1 rings (SSSR count). The summed E-state index contributed by atoms with van der Waals surface area (Å²) in [6, 6.07) is 8.48. The van der Waals surface area contributed by atoms with Crippen LogP contribution in [-0.4, -0.2) is 38.8 Å². The summed E-state index contributed by atoms with van der Waals surface area (Å²) in [5, 5.41) is 3.41. The van der Waals surface area contributed by atoms with Crippen LogP contribution in [0.25, 0.3) is 0 Å². The summed E-state index contributed by atoms with van der Waals surface area (Å²) in [6.45, 7) is 14.2. The quantitative estimate of drug-likeness (QED) is 0.427. The number of nitrogens with one attached hydrogen (secondary N) is 1.